The zero-order valence-corrected chi connectivity index (χ0v) is 33.4. The van der Waals surface area contributed by atoms with Gasteiger partial charge in [0.1, 0.15) is 17.0 Å². The summed E-state index contributed by atoms with van der Waals surface area (Å²) in [6, 6.07) is 26.8. The predicted molar refractivity (Wildman–Crippen MR) is 222 cm³/mol. The molecule has 292 valence electrons. The van der Waals surface area contributed by atoms with Crippen molar-refractivity contribution in [2.24, 2.45) is 11.8 Å². The van der Waals surface area contributed by atoms with E-state index in [4.69, 9.17) is 21.1 Å². The van der Waals surface area contributed by atoms with Crippen LogP contribution in [0.3, 0.4) is 0 Å². The fraction of sp³-hybridized carbons (Fsp3) is 0.489. The van der Waals surface area contributed by atoms with E-state index in [1.165, 1.54) is 40.8 Å². The number of ether oxygens (including phenoxy) is 2. The average Bonchev–Trinajstić information content (AvgIpc) is 3.47. The number of hydrogen-bond donors (Lipinski definition) is 3. The monoisotopic (exact) mass is 763 g/mol. The Morgan fingerprint density at radius 2 is 1.80 bits per heavy atom. The first-order valence-electron chi connectivity index (χ1n) is 20.6. The molecule has 0 radical (unpaired) electrons. The highest BCUT2D eigenvalue weighted by atomic mass is 35.5. The molecule has 0 unspecified atom stereocenters. The molecule has 3 aromatic carbocycles. The van der Waals surface area contributed by atoms with Crippen molar-refractivity contribution < 1.29 is 19.4 Å². The molecule has 1 saturated carbocycles. The third kappa shape index (κ3) is 9.16. The zero-order valence-electron chi connectivity index (χ0n) is 32.6. The molecule has 7 nitrogen and oxygen atoms in total. The fourth-order valence-electron chi connectivity index (χ4n) is 9.74. The lowest BCUT2D eigenvalue weighted by Gasteiger charge is -2.47. The summed E-state index contributed by atoms with van der Waals surface area (Å²) in [5.41, 5.74) is 6.14. The van der Waals surface area contributed by atoms with Gasteiger partial charge in [-0.25, -0.2) is 4.79 Å². The third-order valence-electron chi connectivity index (χ3n) is 12.7. The number of benzene rings is 3. The Morgan fingerprint density at radius 3 is 2.60 bits per heavy atom. The van der Waals surface area contributed by atoms with E-state index in [9.17, 15) is 9.90 Å². The Bertz CT molecular complexity index is 1890. The Morgan fingerprint density at radius 1 is 0.982 bits per heavy atom. The number of hydrogen-bond acceptors (Lipinski definition) is 6. The number of pyridine rings is 1. The van der Waals surface area contributed by atoms with Crippen LogP contribution in [0.5, 0.6) is 11.5 Å². The van der Waals surface area contributed by atoms with Crippen molar-refractivity contribution >= 4 is 23.3 Å². The summed E-state index contributed by atoms with van der Waals surface area (Å²) in [6.07, 6.45) is 13.0. The van der Waals surface area contributed by atoms with Gasteiger partial charge in [-0.3, -0.25) is 4.98 Å². The minimum absolute atomic E-state index is 0.136. The highest BCUT2D eigenvalue weighted by Gasteiger charge is 2.54. The van der Waals surface area contributed by atoms with E-state index in [0.717, 1.165) is 81.6 Å². The van der Waals surface area contributed by atoms with E-state index in [2.05, 4.69) is 78.0 Å². The number of anilines is 1. The number of halogens is 1. The first-order valence-corrected chi connectivity index (χ1v) is 21.0. The van der Waals surface area contributed by atoms with Crippen molar-refractivity contribution in [3.05, 3.63) is 118 Å². The van der Waals surface area contributed by atoms with Crippen molar-refractivity contribution in [1.82, 2.24) is 10.3 Å². The van der Waals surface area contributed by atoms with Crippen LogP contribution in [0.15, 0.2) is 85.1 Å². The Labute approximate surface area is 332 Å². The van der Waals surface area contributed by atoms with Gasteiger partial charge in [-0.15, -0.1) is 0 Å². The van der Waals surface area contributed by atoms with Crippen LogP contribution >= 0.6 is 11.6 Å². The van der Waals surface area contributed by atoms with Gasteiger partial charge in [-0.1, -0.05) is 67.9 Å². The van der Waals surface area contributed by atoms with E-state index in [0.29, 0.717) is 48.8 Å². The molecule has 7 rings (SSSR count). The molecule has 3 N–H and O–H groups in total. The Balaban J connectivity index is 1.02. The molecule has 8 heteroatoms. The largest absolute Gasteiger partial charge is 0.494 e. The number of nitrogens with zero attached hydrogens (tertiary/aromatic N) is 1. The van der Waals surface area contributed by atoms with Crippen molar-refractivity contribution in [1.29, 1.82) is 0 Å². The average molecular weight is 764 g/mol. The van der Waals surface area contributed by atoms with Crippen LogP contribution in [0.1, 0.15) is 106 Å². The zero-order chi connectivity index (χ0) is 38.3. The van der Waals surface area contributed by atoms with E-state index in [-0.39, 0.29) is 5.41 Å². The molecular formula is C47H58ClN3O4. The van der Waals surface area contributed by atoms with Gasteiger partial charge in [0.05, 0.1) is 13.2 Å². The maximum absolute atomic E-state index is 13.0. The van der Waals surface area contributed by atoms with Gasteiger partial charge >= 0.3 is 5.97 Å². The number of carboxylic acid groups (broad SMARTS) is 1. The maximum atomic E-state index is 13.0. The molecule has 3 aliphatic rings. The quantitative estimate of drug-likeness (QED) is 0.0922. The van der Waals surface area contributed by atoms with E-state index in [1.54, 1.807) is 0 Å². The minimum Gasteiger partial charge on any atom is -0.494 e. The maximum Gasteiger partial charge on any atom is 0.329 e. The number of fused-ring (bicyclic) bond motifs is 3. The summed E-state index contributed by atoms with van der Waals surface area (Å²) in [5, 5.41) is 18.3. The molecule has 0 saturated heterocycles. The van der Waals surface area contributed by atoms with Gasteiger partial charge in [0.2, 0.25) is 0 Å². The van der Waals surface area contributed by atoms with Gasteiger partial charge < -0.3 is 25.2 Å². The lowest BCUT2D eigenvalue weighted by molar-refractivity contribution is -0.144. The van der Waals surface area contributed by atoms with Gasteiger partial charge in [-0.2, -0.15) is 0 Å². The summed E-state index contributed by atoms with van der Waals surface area (Å²) in [4.78, 5) is 17.7. The summed E-state index contributed by atoms with van der Waals surface area (Å²) >= 11 is 6.31. The molecular weight excluding hydrogens is 706 g/mol. The second-order valence-corrected chi connectivity index (χ2v) is 17.0. The second kappa shape index (κ2) is 17.8. The summed E-state index contributed by atoms with van der Waals surface area (Å²) in [6.45, 7) is 7.82. The summed E-state index contributed by atoms with van der Waals surface area (Å²) in [7, 11) is 0. The second-order valence-electron chi connectivity index (χ2n) is 16.6. The third-order valence-corrected chi connectivity index (χ3v) is 12.9. The molecule has 3 aliphatic carbocycles. The molecule has 1 heterocycles. The molecule has 4 aromatic rings. The number of aryl methyl sites for hydroxylation is 2. The first-order chi connectivity index (χ1) is 26.7. The van der Waals surface area contributed by atoms with Crippen molar-refractivity contribution in [3.8, 4) is 11.5 Å². The Hall–Kier alpha value is -4.07. The van der Waals surface area contributed by atoms with Crippen LogP contribution in [0.2, 0.25) is 5.02 Å². The van der Waals surface area contributed by atoms with Crippen molar-refractivity contribution in [2.45, 2.75) is 108 Å². The smallest absolute Gasteiger partial charge is 0.329 e. The van der Waals surface area contributed by atoms with Crippen molar-refractivity contribution in [3.63, 3.8) is 0 Å². The minimum atomic E-state index is -1.06. The summed E-state index contributed by atoms with van der Waals surface area (Å²) < 4.78 is 13.0. The molecule has 1 spiro atoms. The van der Waals surface area contributed by atoms with Crippen LogP contribution in [0, 0.1) is 11.8 Å². The van der Waals surface area contributed by atoms with Gasteiger partial charge in [-0.05, 0) is 166 Å². The van der Waals surface area contributed by atoms with E-state index in [1.807, 2.05) is 36.5 Å². The molecule has 0 aliphatic heterocycles. The lowest BCUT2D eigenvalue weighted by atomic mass is 9.59. The van der Waals surface area contributed by atoms with Crippen LogP contribution in [0.4, 0.5) is 5.69 Å². The van der Waals surface area contributed by atoms with Crippen LogP contribution in [0.25, 0.3) is 0 Å². The predicted octanol–water partition coefficient (Wildman–Crippen LogP) is 10.2. The molecule has 55 heavy (non-hydrogen) atoms. The highest BCUT2D eigenvalue weighted by Crippen LogP contribution is 2.57. The highest BCUT2D eigenvalue weighted by molar-refractivity contribution is 6.30. The van der Waals surface area contributed by atoms with E-state index >= 15 is 0 Å². The van der Waals surface area contributed by atoms with Gasteiger partial charge in [0.25, 0.3) is 0 Å². The van der Waals surface area contributed by atoms with Gasteiger partial charge in [0, 0.05) is 28.2 Å². The van der Waals surface area contributed by atoms with Crippen LogP contribution < -0.4 is 20.1 Å². The van der Waals surface area contributed by atoms with Crippen LogP contribution in [-0.4, -0.2) is 47.9 Å². The molecule has 1 aromatic heterocycles. The first kappa shape index (κ1) is 39.2. The fourth-order valence-corrected chi connectivity index (χ4v) is 9.93. The molecule has 1 fully saturated rings. The number of carboxylic acids is 1. The summed E-state index contributed by atoms with van der Waals surface area (Å²) in [5.74, 6) is 2.26. The SMILES string of the molecule is C[C@@H](COc1ccnc2c1[C@H](C)CCC2)C[C@H]1Cc2ccc(OCCCNCCCc3ccccc3)cc2C12CCC(Nc1cccc(Cl)c1)(C(=O)O)CC2. The van der Waals surface area contributed by atoms with Gasteiger partial charge in [0.15, 0.2) is 0 Å². The number of carbonyl (C=O) groups is 1. The number of aliphatic carboxylic acids is 1. The Kier molecular flexibility index (Phi) is 12.7. The number of nitrogens with one attached hydrogen (secondary N) is 2. The van der Waals surface area contributed by atoms with Crippen molar-refractivity contribution in [2.75, 3.05) is 31.6 Å². The standard InChI is InChI=1S/C47H58ClN3O4/c1-33(32-55-43-19-26-50-42-16-6-10-34(2)44(42)43)28-37-29-36-17-18-40(54-27-9-25-49-24-8-13-35-11-4-3-5-12-35)31-41(36)46(37)20-22-47(23-21-46,45(52)53)51-39-15-7-14-38(48)30-39/h3-5,7,11-12,14-15,17-19,26,30-31,33-34,37,49,51H,6,8-10,13,16,20-25,27-29,32H2,1-2H3,(H,52,53)/t33-,34-,37+,46?,47?/m1/s1. The number of aromatic nitrogens is 1. The van der Waals surface area contributed by atoms with E-state index < -0.39 is 11.5 Å². The normalized spacial score (nSPS) is 23.5. The van der Waals surface area contributed by atoms with Crippen LogP contribution in [-0.2, 0) is 29.5 Å². The topological polar surface area (TPSA) is 92.7 Å². The molecule has 0 bridgehead atoms. The number of rotatable bonds is 17. The molecule has 3 atom stereocenters. The molecule has 0 amide bonds. The lowest BCUT2D eigenvalue weighted by Crippen LogP contribution is -2.53.